The number of halogens is 2. The Hall–Kier alpha value is -0.630. The maximum absolute atomic E-state index is 12.4. The van der Waals surface area contributed by atoms with E-state index in [9.17, 15) is 13.2 Å². The number of hydrogen-bond acceptors (Lipinski definition) is 3. The van der Waals surface area contributed by atoms with E-state index in [1.54, 1.807) is 4.90 Å². The van der Waals surface area contributed by atoms with Gasteiger partial charge >= 0.3 is 0 Å². The third-order valence-electron chi connectivity index (χ3n) is 2.72. The lowest BCUT2D eigenvalue weighted by Crippen LogP contribution is -2.32. The molecule has 0 aliphatic rings. The summed E-state index contributed by atoms with van der Waals surface area (Å²) in [7, 11) is -3.93. The zero-order chi connectivity index (χ0) is 15.5. The van der Waals surface area contributed by atoms with Gasteiger partial charge in [-0.25, -0.2) is 13.6 Å². The maximum atomic E-state index is 12.4. The van der Waals surface area contributed by atoms with Crippen LogP contribution < -0.4 is 5.14 Å². The zero-order valence-electron chi connectivity index (χ0n) is 11.2. The molecular weight excluding hydrogens is 368 g/mol. The number of benzene rings is 1. The van der Waals surface area contributed by atoms with Gasteiger partial charge in [0.1, 0.15) is 0 Å². The van der Waals surface area contributed by atoms with E-state index in [0.29, 0.717) is 13.1 Å². The van der Waals surface area contributed by atoms with E-state index < -0.39 is 10.0 Å². The Morgan fingerprint density at radius 1 is 1.40 bits per heavy atom. The van der Waals surface area contributed by atoms with Crippen molar-refractivity contribution in [2.24, 2.45) is 5.14 Å². The first-order valence-corrected chi connectivity index (χ1v) is 8.75. The summed E-state index contributed by atoms with van der Waals surface area (Å²) in [5.74, 6) is -0.309. The van der Waals surface area contributed by atoms with E-state index in [2.05, 4.69) is 15.9 Å². The highest BCUT2D eigenvalue weighted by atomic mass is 79.9. The Morgan fingerprint density at radius 2 is 2.00 bits per heavy atom. The first-order chi connectivity index (χ1) is 9.22. The quantitative estimate of drug-likeness (QED) is 0.848. The van der Waals surface area contributed by atoms with Crippen molar-refractivity contribution < 1.29 is 13.2 Å². The number of hydrogen-bond donors (Lipinski definition) is 1. The Morgan fingerprint density at radius 3 is 2.45 bits per heavy atom. The lowest BCUT2D eigenvalue weighted by molar-refractivity contribution is 0.0764. The molecule has 8 heteroatoms. The molecule has 0 spiro atoms. The maximum Gasteiger partial charge on any atom is 0.255 e. The number of carbonyl (C=O) groups is 1. The highest BCUT2D eigenvalue weighted by molar-refractivity contribution is 9.10. The Kier molecular flexibility index (Phi) is 6.00. The number of nitrogens with two attached hydrogens (primary N) is 1. The molecular formula is C12H16BrClN2O3S. The third kappa shape index (κ3) is 3.94. The van der Waals surface area contributed by atoms with E-state index in [1.807, 2.05) is 13.8 Å². The van der Waals surface area contributed by atoms with Gasteiger partial charge in [-0.1, -0.05) is 18.5 Å². The average molecular weight is 384 g/mol. The Labute approximate surface area is 132 Å². The van der Waals surface area contributed by atoms with Gasteiger partial charge in [0.15, 0.2) is 0 Å². The molecule has 5 nitrogen and oxygen atoms in total. The number of sulfonamides is 1. The SMILES string of the molecule is CCCN(CC)C(=O)c1cc(S(N)(=O)=O)c(Br)cc1Cl. The van der Waals surface area contributed by atoms with Gasteiger partial charge in [-0.05, 0) is 41.4 Å². The highest BCUT2D eigenvalue weighted by Crippen LogP contribution is 2.29. The molecule has 0 fully saturated rings. The second-order valence-electron chi connectivity index (χ2n) is 4.19. The molecule has 20 heavy (non-hydrogen) atoms. The number of amides is 1. The van der Waals surface area contributed by atoms with Gasteiger partial charge in [-0.15, -0.1) is 0 Å². The van der Waals surface area contributed by atoms with Gasteiger partial charge < -0.3 is 4.90 Å². The summed E-state index contributed by atoms with van der Waals surface area (Å²) in [5.41, 5.74) is 0.134. The van der Waals surface area contributed by atoms with Crippen molar-refractivity contribution in [3.63, 3.8) is 0 Å². The molecule has 0 saturated heterocycles. The van der Waals surface area contributed by atoms with Crippen LogP contribution in [-0.2, 0) is 10.0 Å². The minimum atomic E-state index is -3.93. The summed E-state index contributed by atoms with van der Waals surface area (Å²) in [4.78, 5) is 13.8. The van der Waals surface area contributed by atoms with Crippen molar-refractivity contribution in [1.29, 1.82) is 0 Å². The second-order valence-corrected chi connectivity index (χ2v) is 6.98. The summed E-state index contributed by atoms with van der Waals surface area (Å²) in [6, 6.07) is 2.58. The van der Waals surface area contributed by atoms with Crippen molar-refractivity contribution in [2.45, 2.75) is 25.2 Å². The Bertz CT molecular complexity index is 619. The number of rotatable bonds is 5. The fourth-order valence-electron chi connectivity index (χ4n) is 1.75. The van der Waals surface area contributed by atoms with Crippen molar-refractivity contribution in [3.05, 3.63) is 27.2 Å². The predicted molar refractivity (Wildman–Crippen MR) is 82.4 cm³/mol. The first-order valence-electron chi connectivity index (χ1n) is 6.03. The highest BCUT2D eigenvalue weighted by Gasteiger charge is 2.22. The zero-order valence-corrected chi connectivity index (χ0v) is 14.3. The van der Waals surface area contributed by atoms with E-state index in [0.717, 1.165) is 6.42 Å². The molecule has 1 amide bonds. The number of nitrogens with zero attached hydrogens (tertiary/aromatic N) is 1. The summed E-state index contributed by atoms with van der Waals surface area (Å²) in [5, 5.41) is 5.30. The van der Waals surface area contributed by atoms with E-state index in [-0.39, 0.29) is 25.9 Å². The van der Waals surface area contributed by atoms with E-state index >= 15 is 0 Å². The molecule has 0 unspecified atom stereocenters. The van der Waals surface area contributed by atoms with Gasteiger partial charge in [-0.3, -0.25) is 4.79 Å². The first kappa shape index (κ1) is 17.4. The topological polar surface area (TPSA) is 80.5 Å². The molecule has 2 N–H and O–H groups in total. The monoisotopic (exact) mass is 382 g/mol. The molecule has 0 bridgehead atoms. The molecule has 0 atom stereocenters. The standard InChI is InChI=1S/C12H16BrClN2O3S/c1-3-5-16(4-2)12(17)8-6-11(20(15,18)19)9(13)7-10(8)14/h6-7H,3-5H2,1-2H3,(H2,15,18,19). The van der Waals surface area contributed by atoms with Crippen LogP contribution in [0, 0.1) is 0 Å². The van der Waals surface area contributed by atoms with Gasteiger partial charge in [-0.2, -0.15) is 0 Å². The summed E-state index contributed by atoms with van der Waals surface area (Å²) in [6.07, 6.45) is 0.801. The fourth-order valence-corrected chi connectivity index (χ4v) is 3.76. The van der Waals surface area contributed by atoms with Gasteiger partial charge in [0.2, 0.25) is 10.0 Å². The number of primary sulfonamides is 1. The lowest BCUT2D eigenvalue weighted by Gasteiger charge is -2.21. The lowest BCUT2D eigenvalue weighted by atomic mass is 10.2. The molecule has 1 aromatic rings. The smallest absolute Gasteiger partial charge is 0.255 e. The van der Waals surface area contributed by atoms with Crippen LogP contribution in [-0.4, -0.2) is 32.3 Å². The summed E-state index contributed by atoms with van der Waals surface area (Å²) in [6.45, 7) is 4.89. The molecule has 0 saturated carbocycles. The average Bonchev–Trinajstić information content (AvgIpc) is 2.33. The second kappa shape index (κ2) is 6.89. The largest absolute Gasteiger partial charge is 0.339 e. The number of carbonyl (C=O) groups excluding carboxylic acids is 1. The molecule has 0 aliphatic carbocycles. The van der Waals surface area contributed by atoms with Gasteiger partial charge in [0.05, 0.1) is 15.5 Å². The van der Waals surface area contributed by atoms with Crippen LogP contribution in [0.3, 0.4) is 0 Å². The van der Waals surface area contributed by atoms with Crippen LogP contribution in [0.5, 0.6) is 0 Å². The molecule has 0 radical (unpaired) electrons. The van der Waals surface area contributed by atoms with Gasteiger partial charge in [0, 0.05) is 17.6 Å². The molecule has 0 heterocycles. The minimum absolute atomic E-state index is 0.134. The molecule has 0 aliphatic heterocycles. The van der Waals surface area contributed by atoms with Crippen LogP contribution in [0.2, 0.25) is 5.02 Å². The Balaban J connectivity index is 3.35. The van der Waals surface area contributed by atoms with Crippen LogP contribution in [0.4, 0.5) is 0 Å². The molecule has 1 aromatic carbocycles. The van der Waals surface area contributed by atoms with Gasteiger partial charge in [0.25, 0.3) is 5.91 Å². The van der Waals surface area contributed by atoms with Crippen LogP contribution in [0.15, 0.2) is 21.5 Å². The van der Waals surface area contributed by atoms with E-state index in [4.69, 9.17) is 16.7 Å². The molecule has 1 rings (SSSR count). The van der Waals surface area contributed by atoms with Crippen molar-refractivity contribution >= 4 is 43.5 Å². The van der Waals surface area contributed by atoms with Crippen LogP contribution in [0.1, 0.15) is 30.6 Å². The summed E-state index contributed by atoms with van der Waals surface area (Å²) >= 11 is 9.12. The predicted octanol–water partition coefficient (Wildman–Crippen LogP) is 2.62. The summed E-state index contributed by atoms with van der Waals surface area (Å²) < 4.78 is 23.2. The van der Waals surface area contributed by atoms with Crippen molar-refractivity contribution in [2.75, 3.05) is 13.1 Å². The molecule has 0 aromatic heterocycles. The fraction of sp³-hybridized carbons (Fsp3) is 0.417. The van der Waals surface area contributed by atoms with Crippen molar-refractivity contribution in [3.8, 4) is 0 Å². The third-order valence-corrected chi connectivity index (χ3v) is 4.90. The molecule has 112 valence electrons. The minimum Gasteiger partial charge on any atom is -0.339 e. The van der Waals surface area contributed by atoms with Crippen LogP contribution in [0.25, 0.3) is 0 Å². The van der Waals surface area contributed by atoms with Crippen molar-refractivity contribution in [1.82, 2.24) is 4.90 Å². The normalized spacial score (nSPS) is 11.4. The van der Waals surface area contributed by atoms with E-state index in [1.165, 1.54) is 12.1 Å². The van der Waals surface area contributed by atoms with Crippen LogP contribution >= 0.6 is 27.5 Å².